The first kappa shape index (κ1) is 20.4. The van der Waals surface area contributed by atoms with E-state index in [1.807, 2.05) is 49.4 Å². The van der Waals surface area contributed by atoms with Crippen LogP contribution in [-0.2, 0) is 4.79 Å². The molecule has 5 nitrogen and oxygen atoms in total. The molecular formula is C22H27NO4. The Morgan fingerprint density at radius 3 is 2.44 bits per heavy atom. The number of carbonyl (C=O) groups excluding carboxylic acids is 1. The Kier molecular flexibility index (Phi) is 8.23. The topological polar surface area (TPSA) is 56.8 Å². The molecule has 0 aromatic heterocycles. The Hall–Kier alpha value is -2.95. The van der Waals surface area contributed by atoms with Gasteiger partial charge in [-0.25, -0.2) is 0 Å². The van der Waals surface area contributed by atoms with Gasteiger partial charge in [0.25, 0.3) is 0 Å². The van der Waals surface area contributed by atoms with Gasteiger partial charge in [0, 0.05) is 18.2 Å². The summed E-state index contributed by atoms with van der Waals surface area (Å²) in [6.45, 7) is 3.29. The second kappa shape index (κ2) is 10.9. The molecule has 1 N–H and O–H groups in total. The molecule has 2 rings (SSSR count). The summed E-state index contributed by atoms with van der Waals surface area (Å²) in [6, 6.07) is 13.4. The molecule has 0 heterocycles. The molecule has 0 bridgehead atoms. The van der Waals surface area contributed by atoms with Gasteiger partial charge in [-0.1, -0.05) is 17.7 Å². The molecule has 0 atom stereocenters. The zero-order valence-electron chi connectivity index (χ0n) is 16.2. The minimum Gasteiger partial charge on any atom is -0.497 e. The number of rotatable bonds is 10. The van der Waals surface area contributed by atoms with Crippen molar-refractivity contribution >= 4 is 12.0 Å². The maximum absolute atomic E-state index is 12.0. The van der Waals surface area contributed by atoms with Crippen LogP contribution in [0.2, 0.25) is 0 Å². The number of hydrogen-bond acceptors (Lipinski definition) is 4. The quantitative estimate of drug-likeness (QED) is 0.508. The zero-order chi connectivity index (χ0) is 19.5. The summed E-state index contributed by atoms with van der Waals surface area (Å²) in [4.78, 5) is 12.0. The lowest BCUT2D eigenvalue weighted by Crippen LogP contribution is -2.22. The van der Waals surface area contributed by atoms with Crippen molar-refractivity contribution in [3.8, 4) is 17.2 Å². The van der Waals surface area contributed by atoms with Crippen molar-refractivity contribution in [1.82, 2.24) is 5.32 Å². The van der Waals surface area contributed by atoms with Crippen LogP contribution < -0.4 is 19.5 Å². The minimum atomic E-state index is -0.140. The number of benzene rings is 2. The normalized spacial score (nSPS) is 10.6. The number of hydrogen-bond donors (Lipinski definition) is 1. The molecule has 0 saturated heterocycles. The maximum Gasteiger partial charge on any atom is 0.244 e. The van der Waals surface area contributed by atoms with E-state index >= 15 is 0 Å². The number of amides is 1. The van der Waals surface area contributed by atoms with Crippen LogP contribution >= 0.6 is 0 Å². The number of carbonyl (C=O) groups is 1. The lowest BCUT2D eigenvalue weighted by atomic mass is 10.1. The van der Waals surface area contributed by atoms with Gasteiger partial charge < -0.3 is 19.5 Å². The van der Waals surface area contributed by atoms with Crippen molar-refractivity contribution in [2.75, 3.05) is 27.4 Å². The molecule has 0 fully saturated rings. The highest BCUT2D eigenvalue weighted by Crippen LogP contribution is 2.24. The van der Waals surface area contributed by atoms with Crippen molar-refractivity contribution in [3.63, 3.8) is 0 Å². The van der Waals surface area contributed by atoms with Crippen LogP contribution in [-0.4, -0.2) is 33.3 Å². The van der Waals surface area contributed by atoms with Crippen LogP contribution in [0.15, 0.2) is 48.5 Å². The molecule has 0 aliphatic heterocycles. The molecule has 2 aromatic carbocycles. The van der Waals surface area contributed by atoms with Crippen LogP contribution in [0.25, 0.3) is 6.08 Å². The second-order valence-corrected chi connectivity index (χ2v) is 6.10. The average molecular weight is 369 g/mol. The monoisotopic (exact) mass is 369 g/mol. The Bertz CT molecular complexity index is 753. The van der Waals surface area contributed by atoms with E-state index in [1.165, 1.54) is 11.6 Å². The fourth-order valence-corrected chi connectivity index (χ4v) is 2.46. The average Bonchev–Trinajstić information content (AvgIpc) is 2.70. The van der Waals surface area contributed by atoms with Crippen molar-refractivity contribution in [2.45, 2.75) is 19.8 Å². The Balaban J connectivity index is 1.68. The molecule has 1 amide bonds. The first-order valence-electron chi connectivity index (χ1n) is 9.00. The molecule has 0 saturated carbocycles. The summed E-state index contributed by atoms with van der Waals surface area (Å²) in [7, 11) is 3.20. The third kappa shape index (κ3) is 7.05. The lowest BCUT2D eigenvalue weighted by molar-refractivity contribution is -0.116. The third-order valence-electron chi connectivity index (χ3n) is 4.01. The van der Waals surface area contributed by atoms with E-state index < -0.39 is 0 Å². The van der Waals surface area contributed by atoms with Gasteiger partial charge in [0.1, 0.15) is 17.2 Å². The standard InChI is InChI=1S/C22H27NO4/c1-17-6-9-19(10-7-17)27-15-5-4-14-23-22(24)13-8-18-16-20(25-2)11-12-21(18)26-3/h6-13,16H,4-5,14-15H2,1-3H3,(H,23,24)/b13-8+. The first-order chi connectivity index (χ1) is 13.1. The van der Waals surface area contributed by atoms with Crippen LogP contribution in [0.1, 0.15) is 24.0 Å². The molecule has 27 heavy (non-hydrogen) atoms. The van der Waals surface area contributed by atoms with Crippen LogP contribution in [0.5, 0.6) is 17.2 Å². The van der Waals surface area contributed by atoms with E-state index in [1.54, 1.807) is 20.3 Å². The number of unbranched alkanes of at least 4 members (excludes halogenated alkanes) is 1. The molecule has 0 aliphatic carbocycles. The smallest absolute Gasteiger partial charge is 0.244 e. The Morgan fingerprint density at radius 2 is 1.74 bits per heavy atom. The molecule has 0 spiro atoms. The van der Waals surface area contributed by atoms with Gasteiger partial charge in [-0.3, -0.25) is 4.79 Å². The van der Waals surface area contributed by atoms with E-state index in [0.717, 1.165) is 24.2 Å². The van der Waals surface area contributed by atoms with Crippen molar-refractivity contribution in [2.24, 2.45) is 0 Å². The van der Waals surface area contributed by atoms with E-state index in [2.05, 4.69) is 5.32 Å². The van der Waals surface area contributed by atoms with Gasteiger partial charge >= 0.3 is 0 Å². The number of nitrogens with one attached hydrogen (secondary N) is 1. The number of ether oxygens (including phenoxy) is 3. The van der Waals surface area contributed by atoms with Crippen molar-refractivity contribution in [1.29, 1.82) is 0 Å². The number of methoxy groups -OCH3 is 2. The molecule has 2 aromatic rings. The van der Waals surface area contributed by atoms with E-state index in [-0.39, 0.29) is 5.91 Å². The van der Waals surface area contributed by atoms with Gasteiger partial charge in [0.05, 0.1) is 20.8 Å². The van der Waals surface area contributed by atoms with Gasteiger partial charge in [-0.05, 0) is 56.2 Å². The summed E-state index contributed by atoms with van der Waals surface area (Å²) in [6.07, 6.45) is 4.95. The Labute approximate surface area is 161 Å². The van der Waals surface area contributed by atoms with Gasteiger partial charge in [-0.15, -0.1) is 0 Å². The minimum absolute atomic E-state index is 0.140. The molecule has 144 valence electrons. The van der Waals surface area contributed by atoms with Crippen molar-refractivity contribution < 1.29 is 19.0 Å². The van der Waals surface area contributed by atoms with E-state index in [0.29, 0.717) is 24.7 Å². The molecule has 5 heteroatoms. The van der Waals surface area contributed by atoms with Gasteiger partial charge in [0.2, 0.25) is 5.91 Å². The molecule has 0 unspecified atom stereocenters. The zero-order valence-corrected chi connectivity index (χ0v) is 16.2. The molecule has 0 radical (unpaired) electrons. The lowest BCUT2D eigenvalue weighted by Gasteiger charge is -2.07. The highest BCUT2D eigenvalue weighted by Gasteiger charge is 2.03. The van der Waals surface area contributed by atoms with Crippen LogP contribution in [0, 0.1) is 6.92 Å². The largest absolute Gasteiger partial charge is 0.497 e. The summed E-state index contributed by atoms with van der Waals surface area (Å²) >= 11 is 0. The van der Waals surface area contributed by atoms with Gasteiger partial charge in [-0.2, -0.15) is 0 Å². The maximum atomic E-state index is 12.0. The van der Waals surface area contributed by atoms with E-state index in [4.69, 9.17) is 14.2 Å². The summed E-state index contributed by atoms with van der Waals surface area (Å²) < 4.78 is 16.2. The SMILES string of the molecule is COc1ccc(OC)c(/C=C/C(=O)NCCCCOc2ccc(C)cc2)c1. The highest BCUT2D eigenvalue weighted by molar-refractivity contribution is 5.92. The fourth-order valence-electron chi connectivity index (χ4n) is 2.46. The molecular weight excluding hydrogens is 342 g/mol. The van der Waals surface area contributed by atoms with Gasteiger partial charge in [0.15, 0.2) is 0 Å². The van der Waals surface area contributed by atoms with Crippen molar-refractivity contribution in [3.05, 3.63) is 59.7 Å². The number of aryl methyl sites for hydroxylation is 1. The highest BCUT2D eigenvalue weighted by atomic mass is 16.5. The summed E-state index contributed by atoms with van der Waals surface area (Å²) in [5.41, 5.74) is 2.00. The van der Waals surface area contributed by atoms with Crippen LogP contribution in [0.4, 0.5) is 0 Å². The Morgan fingerprint density at radius 1 is 1.00 bits per heavy atom. The summed E-state index contributed by atoms with van der Waals surface area (Å²) in [5, 5.41) is 2.87. The second-order valence-electron chi connectivity index (χ2n) is 6.10. The summed E-state index contributed by atoms with van der Waals surface area (Å²) in [5.74, 6) is 2.14. The van der Waals surface area contributed by atoms with E-state index in [9.17, 15) is 4.79 Å². The fraction of sp³-hybridized carbons (Fsp3) is 0.318. The third-order valence-corrected chi connectivity index (χ3v) is 4.01. The van der Waals surface area contributed by atoms with Crippen LogP contribution in [0.3, 0.4) is 0 Å². The first-order valence-corrected chi connectivity index (χ1v) is 9.00. The predicted molar refractivity (Wildman–Crippen MR) is 107 cm³/mol. The predicted octanol–water partition coefficient (Wildman–Crippen LogP) is 4.00. The molecule has 0 aliphatic rings.